The molecular weight excluding hydrogens is 396 g/mol. The normalized spacial score (nSPS) is 18.6. The number of thiazole rings is 1. The molecule has 1 aromatic carbocycles. The molecule has 0 spiro atoms. The van der Waals surface area contributed by atoms with Gasteiger partial charge in [0.15, 0.2) is 6.29 Å². The summed E-state index contributed by atoms with van der Waals surface area (Å²) in [6, 6.07) is 8.48. The monoisotopic (exact) mass is 420 g/mol. The molecule has 2 aliphatic rings. The van der Waals surface area contributed by atoms with Crippen LogP contribution in [0.2, 0.25) is 0 Å². The first-order valence-electron chi connectivity index (χ1n) is 10.1. The molecule has 30 heavy (non-hydrogen) atoms. The lowest BCUT2D eigenvalue weighted by Gasteiger charge is -2.13. The van der Waals surface area contributed by atoms with E-state index in [-0.39, 0.29) is 0 Å². The Labute approximate surface area is 180 Å². The highest BCUT2D eigenvalue weighted by molar-refractivity contribution is 7.15. The highest BCUT2D eigenvalue weighted by atomic mass is 32.1. The summed E-state index contributed by atoms with van der Waals surface area (Å²) >= 11 is 1.27. The predicted octanol–water partition coefficient (Wildman–Crippen LogP) is 5.17. The number of hydrogen-bond acceptors (Lipinski definition) is 6. The average molecular weight is 421 g/mol. The Bertz CT molecular complexity index is 1070. The fraction of sp³-hybridized carbons (Fsp3) is 0.333. The Morgan fingerprint density at radius 2 is 2.20 bits per heavy atom. The zero-order chi connectivity index (χ0) is 21.1. The van der Waals surface area contributed by atoms with Gasteiger partial charge in [0.2, 0.25) is 0 Å². The van der Waals surface area contributed by atoms with Crippen LogP contribution >= 0.6 is 11.3 Å². The van der Waals surface area contributed by atoms with Crippen LogP contribution in [-0.4, -0.2) is 15.2 Å². The van der Waals surface area contributed by atoms with Crippen LogP contribution in [0.3, 0.4) is 0 Å². The SMILES string of the molecule is Cc1nc(-c2ccc3c(c2)C(C#N)=CC(CC2=COC=CCC2)CC3)sc1C(O)O. The minimum absolute atomic E-state index is 0.293. The molecule has 1 atom stereocenters. The number of rotatable bonds is 4. The lowest BCUT2D eigenvalue weighted by atomic mass is 9.92. The van der Waals surface area contributed by atoms with Crippen LogP contribution in [0.1, 0.15) is 53.7 Å². The van der Waals surface area contributed by atoms with E-state index in [4.69, 9.17) is 4.74 Å². The van der Waals surface area contributed by atoms with Crippen molar-refractivity contribution in [1.29, 1.82) is 5.26 Å². The summed E-state index contributed by atoms with van der Waals surface area (Å²) in [5.74, 6) is 0.293. The van der Waals surface area contributed by atoms with Crippen LogP contribution < -0.4 is 0 Å². The Kier molecular flexibility index (Phi) is 6.14. The van der Waals surface area contributed by atoms with Crippen molar-refractivity contribution in [3.05, 3.63) is 70.1 Å². The van der Waals surface area contributed by atoms with E-state index in [0.29, 0.717) is 22.1 Å². The number of nitriles is 1. The van der Waals surface area contributed by atoms with Gasteiger partial charge in [-0.15, -0.1) is 11.3 Å². The van der Waals surface area contributed by atoms with E-state index in [2.05, 4.69) is 23.2 Å². The second-order valence-corrected chi connectivity index (χ2v) is 8.76. The third kappa shape index (κ3) is 4.39. The van der Waals surface area contributed by atoms with Crippen LogP contribution in [0.4, 0.5) is 0 Å². The van der Waals surface area contributed by atoms with Crippen molar-refractivity contribution < 1.29 is 14.9 Å². The van der Waals surface area contributed by atoms with Crippen molar-refractivity contribution in [2.24, 2.45) is 5.92 Å². The number of hydrogen-bond donors (Lipinski definition) is 2. The second-order valence-electron chi connectivity index (χ2n) is 7.73. The molecule has 2 heterocycles. The lowest BCUT2D eigenvalue weighted by molar-refractivity contribution is -0.0401. The molecule has 0 saturated carbocycles. The topological polar surface area (TPSA) is 86.4 Å². The van der Waals surface area contributed by atoms with Gasteiger partial charge >= 0.3 is 0 Å². The molecule has 4 rings (SSSR count). The third-order valence-electron chi connectivity index (χ3n) is 5.59. The van der Waals surface area contributed by atoms with Gasteiger partial charge in [-0.25, -0.2) is 4.98 Å². The largest absolute Gasteiger partial charge is 0.473 e. The van der Waals surface area contributed by atoms with Gasteiger partial charge in [-0.3, -0.25) is 0 Å². The van der Waals surface area contributed by atoms with Gasteiger partial charge < -0.3 is 14.9 Å². The molecule has 0 saturated heterocycles. The molecule has 6 heteroatoms. The Morgan fingerprint density at radius 3 is 2.97 bits per heavy atom. The molecule has 0 bridgehead atoms. The van der Waals surface area contributed by atoms with Crippen LogP contribution in [0.15, 0.2) is 48.4 Å². The number of fused-ring (bicyclic) bond motifs is 1. The summed E-state index contributed by atoms with van der Waals surface area (Å²) in [5.41, 5.74) is 5.59. The van der Waals surface area contributed by atoms with E-state index < -0.39 is 6.29 Å². The standard InChI is InChI=1S/C24H24N2O3S/c1-15-22(24(27)28)30-23(26-15)19-8-7-18-6-5-16(11-20(13-25)21(18)12-19)10-17-4-2-3-9-29-14-17/h3,7-9,11-12,14,16,24,27-28H,2,4-6,10H2,1H3. The molecule has 5 nitrogen and oxygen atoms in total. The number of aryl methyl sites for hydroxylation is 2. The lowest BCUT2D eigenvalue weighted by Crippen LogP contribution is -2.00. The van der Waals surface area contributed by atoms with Crippen LogP contribution in [-0.2, 0) is 11.2 Å². The Balaban J connectivity index is 1.63. The quantitative estimate of drug-likeness (QED) is 0.667. The zero-order valence-electron chi connectivity index (χ0n) is 16.8. The summed E-state index contributed by atoms with van der Waals surface area (Å²) < 4.78 is 5.42. The van der Waals surface area contributed by atoms with E-state index in [9.17, 15) is 15.5 Å². The van der Waals surface area contributed by atoms with Gasteiger partial charge in [0.05, 0.1) is 34.7 Å². The second kappa shape index (κ2) is 8.97. The van der Waals surface area contributed by atoms with Gasteiger partial charge in [0.25, 0.3) is 0 Å². The zero-order valence-corrected chi connectivity index (χ0v) is 17.7. The number of aromatic nitrogens is 1. The molecule has 2 aromatic rings. The molecule has 0 fully saturated rings. The predicted molar refractivity (Wildman–Crippen MR) is 117 cm³/mol. The molecule has 2 N–H and O–H groups in total. The molecule has 1 unspecified atom stereocenters. The molecule has 154 valence electrons. The van der Waals surface area contributed by atoms with Crippen molar-refractivity contribution in [2.45, 2.75) is 45.3 Å². The van der Waals surface area contributed by atoms with E-state index in [1.807, 2.05) is 24.5 Å². The van der Waals surface area contributed by atoms with E-state index >= 15 is 0 Å². The average Bonchev–Trinajstić information content (AvgIpc) is 2.89. The number of ether oxygens (including phenoxy) is 1. The van der Waals surface area contributed by atoms with E-state index in [1.165, 1.54) is 16.9 Å². The van der Waals surface area contributed by atoms with Gasteiger partial charge in [0.1, 0.15) is 5.01 Å². The smallest absolute Gasteiger partial charge is 0.189 e. The number of aliphatic hydroxyl groups is 2. The molecule has 0 radical (unpaired) electrons. The molecule has 1 aliphatic heterocycles. The minimum Gasteiger partial charge on any atom is -0.473 e. The number of aliphatic hydroxyl groups excluding tert-OH is 1. The molecule has 1 aliphatic carbocycles. The van der Waals surface area contributed by atoms with Crippen molar-refractivity contribution >= 4 is 16.9 Å². The Hall–Kier alpha value is -2.72. The summed E-state index contributed by atoms with van der Waals surface area (Å²) in [5, 5.41) is 29.6. The summed E-state index contributed by atoms with van der Waals surface area (Å²) in [4.78, 5) is 4.94. The molecule has 0 amide bonds. The van der Waals surface area contributed by atoms with Gasteiger partial charge in [0, 0.05) is 5.56 Å². The van der Waals surface area contributed by atoms with Crippen molar-refractivity contribution in [3.63, 3.8) is 0 Å². The van der Waals surface area contributed by atoms with Gasteiger partial charge in [-0.2, -0.15) is 5.26 Å². The summed E-state index contributed by atoms with van der Waals surface area (Å²) in [6.07, 6.45) is 11.0. The van der Waals surface area contributed by atoms with E-state index in [0.717, 1.165) is 53.8 Å². The number of nitrogens with zero attached hydrogens (tertiary/aromatic N) is 2. The van der Waals surface area contributed by atoms with Crippen molar-refractivity contribution in [1.82, 2.24) is 4.98 Å². The first kappa shape index (κ1) is 20.5. The first-order valence-corrected chi connectivity index (χ1v) is 10.9. The summed E-state index contributed by atoms with van der Waals surface area (Å²) in [6.45, 7) is 1.77. The maximum Gasteiger partial charge on any atom is 0.189 e. The van der Waals surface area contributed by atoms with Crippen LogP contribution in [0.25, 0.3) is 16.1 Å². The fourth-order valence-electron chi connectivity index (χ4n) is 4.03. The highest BCUT2D eigenvalue weighted by Crippen LogP contribution is 2.36. The van der Waals surface area contributed by atoms with Crippen LogP contribution in [0.5, 0.6) is 0 Å². The van der Waals surface area contributed by atoms with E-state index in [1.54, 1.807) is 13.2 Å². The van der Waals surface area contributed by atoms with Gasteiger partial charge in [-0.05, 0) is 73.8 Å². The number of benzene rings is 1. The van der Waals surface area contributed by atoms with Gasteiger partial charge in [-0.1, -0.05) is 18.2 Å². The maximum atomic E-state index is 9.87. The highest BCUT2D eigenvalue weighted by Gasteiger charge is 2.21. The molecule has 1 aromatic heterocycles. The number of allylic oxidation sites excluding steroid dienone is 4. The van der Waals surface area contributed by atoms with Crippen LogP contribution in [0, 0.1) is 24.2 Å². The first-order chi connectivity index (χ1) is 14.5. The van der Waals surface area contributed by atoms with Crippen molar-refractivity contribution in [2.75, 3.05) is 0 Å². The molecular formula is C24H24N2O3S. The minimum atomic E-state index is -1.52. The third-order valence-corrected chi connectivity index (χ3v) is 6.83. The Morgan fingerprint density at radius 1 is 1.33 bits per heavy atom. The summed E-state index contributed by atoms with van der Waals surface area (Å²) in [7, 11) is 0. The fourth-order valence-corrected chi connectivity index (χ4v) is 4.97. The van der Waals surface area contributed by atoms with Crippen molar-refractivity contribution in [3.8, 4) is 16.6 Å². The maximum absolute atomic E-state index is 9.87.